The van der Waals surface area contributed by atoms with Gasteiger partial charge < -0.3 is 10.6 Å². The third-order valence-electron chi connectivity index (χ3n) is 3.95. The molecule has 0 bridgehead atoms. The van der Waals surface area contributed by atoms with E-state index in [-0.39, 0.29) is 5.91 Å². The van der Waals surface area contributed by atoms with E-state index in [4.69, 9.17) is 0 Å². The van der Waals surface area contributed by atoms with E-state index in [1.807, 2.05) is 31.3 Å². The summed E-state index contributed by atoms with van der Waals surface area (Å²) in [6.07, 6.45) is 3.48. The predicted molar refractivity (Wildman–Crippen MR) is 79.4 cm³/mol. The van der Waals surface area contributed by atoms with Gasteiger partial charge in [-0.2, -0.15) is 0 Å². The highest BCUT2D eigenvalue weighted by Crippen LogP contribution is 2.28. The van der Waals surface area contributed by atoms with E-state index < -0.39 is 0 Å². The lowest BCUT2D eigenvalue weighted by atomic mass is 9.80. The van der Waals surface area contributed by atoms with Crippen LogP contribution in [-0.2, 0) is 0 Å². The minimum Gasteiger partial charge on any atom is -0.388 e. The van der Waals surface area contributed by atoms with E-state index in [1.165, 1.54) is 6.42 Å². The average Bonchev–Trinajstić information content (AvgIpc) is 2.37. The molecule has 0 heterocycles. The van der Waals surface area contributed by atoms with Gasteiger partial charge in [0.25, 0.3) is 5.91 Å². The molecular formula is C16H24N2O. The summed E-state index contributed by atoms with van der Waals surface area (Å²) in [6, 6.07) is 7.94. The third-order valence-corrected chi connectivity index (χ3v) is 3.95. The average molecular weight is 260 g/mol. The van der Waals surface area contributed by atoms with Gasteiger partial charge in [0.2, 0.25) is 0 Å². The molecule has 1 aromatic rings. The van der Waals surface area contributed by atoms with Gasteiger partial charge in [0.1, 0.15) is 0 Å². The van der Waals surface area contributed by atoms with Gasteiger partial charge >= 0.3 is 0 Å². The summed E-state index contributed by atoms with van der Waals surface area (Å²) in [5.41, 5.74) is 1.77. The van der Waals surface area contributed by atoms with Crippen molar-refractivity contribution in [3.05, 3.63) is 29.8 Å². The maximum absolute atomic E-state index is 12.2. The Balaban J connectivity index is 1.96. The molecule has 104 valence electrons. The van der Waals surface area contributed by atoms with Crippen molar-refractivity contribution in [2.75, 3.05) is 12.4 Å². The zero-order chi connectivity index (χ0) is 13.8. The van der Waals surface area contributed by atoms with Crippen LogP contribution in [0.4, 0.5) is 5.69 Å². The van der Waals surface area contributed by atoms with Gasteiger partial charge in [-0.3, -0.25) is 4.79 Å². The van der Waals surface area contributed by atoms with Crippen molar-refractivity contribution >= 4 is 11.6 Å². The summed E-state index contributed by atoms with van der Waals surface area (Å²) in [5.74, 6) is 1.47. The number of anilines is 1. The van der Waals surface area contributed by atoms with Crippen LogP contribution in [0, 0.1) is 11.8 Å². The standard InChI is InChI=1S/C16H24N2O/c1-11-8-12(2)10-15(9-11)18-16(19)13-4-6-14(17-3)7-5-13/h4-7,11-12,15,17H,8-10H2,1-3H3,(H,18,19). The molecule has 1 saturated carbocycles. The van der Waals surface area contributed by atoms with Crippen LogP contribution >= 0.6 is 0 Å². The molecule has 19 heavy (non-hydrogen) atoms. The highest BCUT2D eigenvalue weighted by Gasteiger charge is 2.25. The zero-order valence-electron chi connectivity index (χ0n) is 12.1. The normalized spacial score (nSPS) is 26.8. The Morgan fingerprint density at radius 2 is 1.63 bits per heavy atom. The molecule has 0 saturated heterocycles. The smallest absolute Gasteiger partial charge is 0.251 e. The fraction of sp³-hybridized carbons (Fsp3) is 0.562. The quantitative estimate of drug-likeness (QED) is 0.875. The van der Waals surface area contributed by atoms with Gasteiger partial charge in [-0.05, 0) is 55.4 Å². The summed E-state index contributed by atoms with van der Waals surface area (Å²) < 4.78 is 0. The first kappa shape index (κ1) is 13.9. The van der Waals surface area contributed by atoms with Crippen molar-refractivity contribution < 1.29 is 4.79 Å². The summed E-state index contributed by atoms with van der Waals surface area (Å²) >= 11 is 0. The highest BCUT2D eigenvalue weighted by atomic mass is 16.1. The summed E-state index contributed by atoms with van der Waals surface area (Å²) in [6.45, 7) is 4.55. The number of hydrogen-bond acceptors (Lipinski definition) is 2. The van der Waals surface area contributed by atoms with Gasteiger partial charge in [-0.15, -0.1) is 0 Å². The topological polar surface area (TPSA) is 41.1 Å². The van der Waals surface area contributed by atoms with Crippen molar-refractivity contribution in [1.29, 1.82) is 0 Å². The van der Waals surface area contributed by atoms with Gasteiger partial charge in [0.15, 0.2) is 0 Å². The van der Waals surface area contributed by atoms with Crippen molar-refractivity contribution in [1.82, 2.24) is 5.32 Å². The molecule has 0 aromatic heterocycles. The van der Waals surface area contributed by atoms with E-state index in [0.717, 1.165) is 24.1 Å². The lowest BCUT2D eigenvalue weighted by Crippen LogP contribution is -2.40. The lowest BCUT2D eigenvalue weighted by Gasteiger charge is -2.32. The molecule has 1 amide bonds. The number of rotatable bonds is 3. The molecule has 1 aliphatic carbocycles. The van der Waals surface area contributed by atoms with Crippen LogP contribution in [0.5, 0.6) is 0 Å². The molecule has 1 aliphatic rings. The van der Waals surface area contributed by atoms with Crippen molar-refractivity contribution in [2.24, 2.45) is 11.8 Å². The van der Waals surface area contributed by atoms with Crippen molar-refractivity contribution in [3.8, 4) is 0 Å². The Kier molecular flexibility index (Phi) is 4.46. The number of carbonyl (C=O) groups excluding carboxylic acids is 1. The molecule has 2 unspecified atom stereocenters. The Labute approximate surface area is 115 Å². The van der Waals surface area contributed by atoms with Crippen LogP contribution in [0.3, 0.4) is 0 Å². The van der Waals surface area contributed by atoms with Crippen LogP contribution in [0.2, 0.25) is 0 Å². The van der Waals surface area contributed by atoms with Crippen LogP contribution in [0.25, 0.3) is 0 Å². The van der Waals surface area contributed by atoms with Gasteiger partial charge in [0.05, 0.1) is 0 Å². The first-order chi connectivity index (χ1) is 9.08. The molecule has 1 aromatic carbocycles. The maximum atomic E-state index is 12.2. The van der Waals surface area contributed by atoms with E-state index in [9.17, 15) is 4.79 Å². The van der Waals surface area contributed by atoms with Crippen molar-refractivity contribution in [3.63, 3.8) is 0 Å². The van der Waals surface area contributed by atoms with E-state index >= 15 is 0 Å². The first-order valence-electron chi connectivity index (χ1n) is 7.17. The van der Waals surface area contributed by atoms with Gasteiger partial charge in [-0.1, -0.05) is 13.8 Å². The van der Waals surface area contributed by atoms with Crippen LogP contribution < -0.4 is 10.6 Å². The Bertz CT molecular complexity index is 417. The maximum Gasteiger partial charge on any atom is 0.251 e. The minimum absolute atomic E-state index is 0.0500. The van der Waals surface area contributed by atoms with Gasteiger partial charge in [-0.25, -0.2) is 0 Å². The second-order valence-electron chi connectivity index (χ2n) is 5.92. The molecular weight excluding hydrogens is 236 g/mol. The second kappa shape index (κ2) is 6.09. The van der Waals surface area contributed by atoms with Crippen LogP contribution in [-0.4, -0.2) is 19.0 Å². The van der Waals surface area contributed by atoms with E-state index in [2.05, 4.69) is 24.5 Å². The highest BCUT2D eigenvalue weighted by molar-refractivity contribution is 5.94. The number of carbonyl (C=O) groups is 1. The molecule has 3 heteroatoms. The number of amides is 1. The summed E-state index contributed by atoms with van der Waals surface area (Å²) in [4.78, 5) is 12.2. The minimum atomic E-state index is 0.0500. The molecule has 2 rings (SSSR count). The molecule has 0 spiro atoms. The monoisotopic (exact) mass is 260 g/mol. The molecule has 0 aliphatic heterocycles. The summed E-state index contributed by atoms with van der Waals surface area (Å²) in [7, 11) is 1.87. The van der Waals surface area contributed by atoms with Crippen molar-refractivity contribution in [2.45, 2.75) is 39.2 Å². The number of nitrogens with one attached hydrogen (secondary N) is 2. The number of benzene rings is 1. The van der Waals surface area contributed by atoms with E-state index in [1.54, 1.807) is 0 Å². The molecule has 0 radical (unpaired) electrons. The largest absolute Gasteiger partial charge is 0.388 e. The second-order valence-corrected chi connectivity index (χ2v) is 5.92. The Hall–Kier alpha value is -1.51. The predicted octanol–water partition coefficient (Wildman–Crippen LogP) is 3.28. The fourth-order valence-electron chi connectivity index (χ4n) is 3.12. The van der Waals surface area contributed by atoms with Crippen LogP contribution in [0.1, 0.15) is 43.5 Å². The molecule has 3 nitrogen and oxygen atoms in total. The Morgan fingerprint density at radius 1 is 1.05 bits per heavy atom. The van der Waals surface area contributed by atoms with Gasteiger partial charge in [0, 0.05) is 24.3 Å². The fourth-order valence-corrected chi connectivity index (χ4v) is 3.12. The Morgan fingerprint density at radius 3 is 2.16 bits per heavy atom. The zero-order valence-corrected chi connectivity index (χ0v) is 12.1. The lowest BCUT2D eigenvalue weighted by molar-refractivity contribution is 0.0911. The van der Waals surface area contributed by atoms with Crippen LogP contribution in [0.15, 0.2) is 24.3 Å². The SMILES string of the molecule is CNc1ccc(C(=O)NC2CC(C)CC(C)C2)cc1. The number of hydrogen-bond donors (Lipinski definition) is 2. The third kappa shape index (κ3) is 3.72. The van der Waals surface area contributed by atoms with E-state index in [0.29, 0.717) is 17.9 Å². The summed E-state index contributed by atoms with van der Waals surface area (Å²) in [5, 5.41) is 6.23. The first-order valence-corrected chi connectivity index (χ1v) is 7.17. The molecule has 1 fully saturated rings. The molecule has 2 N–H and O–H groups in total. The molecule has 2 atom stereocenters.